The summed E-state index contributed by atoms with van der Waals surface area (Å²) >= 11 is 1.40. The van der Waals surface area contributed by atoms with Crippen LogP contribution in [0.15, 0.2) is 24.3 Å². The lowest BCUT2D eigenvalue weighted by atomic mass is 10.0. The molecule has 1 saturated heterocycles. The molecule has 0 unspecified atom stereocenters. The van der Waals surface area contributed by atoms with Crippen molar-refractivity contribution >= 4 is 45.7 Å². The van der Waals surface area contributed by atoms with E-state index >= 15 is 0 Å². The van der Waals surface area contributed by atoms with Gasteiger partial charge < -0.3 is 15.0 Å². The second-order valence-electron chi connectivity index (χ2n) is 7.54. The van der Waals surface area contributed by atoms with Crippen LogP contribution in [0.25, 0.3) is 0 Å². The minimum Gasteiger partial charge on any atom is -0.462 e. The van der Waals surface area contributed by atoms with Crippen LogP contribution in [0.5, 0.6) is 0 Å². The standard InChI is InChI=1S/C22H23N3O5S/c1-3-30-22(29)19-15-10-11-24(2)12-16(15)31-21(19)23-20(28)13-4-6-14(7-5-13)25-17(26)8-9-18(25)27/h4-7H,3,8-12H2,1-2H3,(H,23,28). The maximum atomic E-state index is 12.9. The molecule has 9 heteroatoms. The molecule has 8 nitrogen and oxygen atoms in total. The number of anilines is 2. The predicted molar refractivity (Wildman–Crippen MR) is 116 cm³/mol. The number of thiophene rings is 1. The molecule has 0 bridgehead atoms. The Balaban J connectivity index is 1.57. The number of ether oxygens (including phenoxy) is 1. The van der Waals surface area contributed by atoms with Gasteiger partial charge in [-0.25, -0.2) is 4.79 Å². The van der Waals surface area contributed by atoms with E-state index in [0.29, 0.717) is 21.8 Å². The van der Waals surface area contributed by atoms with E-state index in [9.17, 15) is 19.2 Å². The van der Waals surface area contributed by atoms with Crippen molar-refractivity contribution in [2.75, 3.05) is 30.4 Å². The number of esters is 1. The molecule has 2 aromatic rings. The molecule has 162 valence electrons. The second-order valence-corrected chi connectivity index (χ2v) is 8.65. The van der Waals surface area contributed by atoms with E-state index in [4.69, 9.17) is 4.74 Å². The fraction of sp³-hybridized carbons (Fsp3) is 0.364. The van der Waals surface area contributed by atoms with E-state index in [1.807, 2.05) is 7.05 Å². The number of hydrogen-bond acceptors (Lipinski definition) is 7. The molecule has 2 aliphatic heterocycles. The summed E-state index contributed by atoms with van der Waals surface area (Å²) < 4.78 is 5.23. The van der Waals surface area contributed by atoms with Gasteiger partial charge in [-0.15, -0.1) is 11.3 Å². The van der Waals surface area contributed by atoms with Crippen LogP contribution in [-0.4, -0.2) is 48.8 Å². The first-order valence-corrected chi connectivity index (χ1v) is 11.0. The van der Waals surface area contributed by atoms with Crippen molar-refractivity contribution in [2.24, 2.45) is 0 Å². The van der Waals surface area contributed by atoms with Crippen LogP contribution >= 0.6 is 11.3 Å². The SMILES string of the molecule is CCOC(=O)c1c(NC(=O)c2ccc(N3C(=O)CCC3=O)cc2)sc2c1CCN(C)C2. The summed E-state index contributed by atoms with van der Waals surface area (Å²) in [5.74, 6) is -1.28. The monoisotopic (exact) mass is 441 g/mol. The maximum absolute atomic E-state index is 12.9. The average Bonchev–Trinajstić information content (AvgIpc) is 3.26. The number of nitrogens with one attached hydrogen (secondary N) is 1. The van der Waals surface area contributed by atoms with E-state index < -0.39 is 5.97 Å². The molecule has 2 aliphatic rings. The summed E-state index contributed by atoms with van der Waals surface area (Å²) in [5, 5.41) is 3.34. The second kappa shape index (κ2) is 8.60. The average molecular weight is 442 g/mol. The molecule has 1 fully saturated rings. The number of amides is 3. The zero-order valence-electron chi connectivity index (χ0n) is 17.4. The first-order valence-electron chi connectivity index (χ1n) is 10.2. The summed E-state index contributed by atoms with van der Waals surface area (Å²) in [6, 6.07) is 6.29. The number of nitrogens with zero attached hydrogens (tertiary/aromatic N) is 2. The quantitative estimate of drug-likeness (QED) is 0.566. The van der Waals surface area contributed by atoms with Gasteiger partial charge in [0.2, 0.25) is 11.8 Å². The number of imide groups is 1. The van der Waals surface area contributed by atoms with E-state index in [0.717, 1.165) is 34.9 Å². The minimum absolute atomic E-state index is 0.204. The van der Waals surface area contributed by atoms with Crippen molar-refractivity contribution in [3.05, 3.63) is 45.8 Å². The van der Waals surface area contributed by atoms with Crippen molar-refractivity contribution < 1.29 is 23.9 Å². The third-order valence-corrected chi connectivity index (χ3v) is 6.53. The third kappa shape index (κ3) is 4.11. The molecule has 1 N–H and O–H groups in total. The number of carbonyl (C=O) groups excluding carboxylic acids is 4. The van der Waals surface area contributed by atoms with Gasteiger partial charge in [0.25, 0.3) is 5.91 Å². The van der Waals surface area contributed by atoms with Crippen LogP contribution in [0.4, 0.5) is 10.7 Å². The summed E-state index contributed by atoms with van der Waals surface area (Å²) in [5.41, 5.74) is 2.19. The Hall–Kier alpha value is -3.04. The van der Waals surface area contributed by atoms with Gasteiger partial charge in [0.15, 0.2) is 0 Å². The van der Waals surface area contributed by atoms with Crippen molar-refractivity contribution in [1.82, 2.24) is 4.90 Å². The van der Waals surface area contributed by atoms with Gasteiger partial charge in [-0.1, -0.05) is 0 Å². The molecular weight excluding hydrogens is 418 g/mol. The Morgan fingerprint density at radius 3 is 2.42 bits per heavy atom. The Labute approximate surface area is 183 Å². The molecule has 1 aromatic carbocycles. The van der Waals surface area contributed by atoms with Gasteiger partial charge in [0, 0.05) is 36.4 Å². The lowest BCUT2D eigenvalue weighted by molar-refractivity contribution is -0.121. The van der Waals surface area contributed by atoms with E-state index in [1.54, 1.807) is 31.2 Å². The van der Waals surface area contributed by atoms with E-state index in [2.05, 4.69) is 10.2 Å². The summed E-state index contributed by atoms with van der Waals surface area (Å²) in [4.78, 5) is 53.6. The van der Waals surface area contributed by atoms with Crippen molar-refractivity contribution in [3.8, 4) is 0 Å². The van der Waals surface area contributed by atoms with Crippen LogP contribution in [0.3, 0.4) is 0 Å². The smallest absolute Gasteiger partial charge is 0.341 e. The first-order chi connectivity index (χ1) is 14.9. The molecule has 0 aliphatic carbocycles. The van der Waals surface area contributed by atoms with Crippen molar-refractivity contribution in [2.45, 2.75) is 32.7 Å². The Morgan fingerprint density at radius 1 is 1.10 bits per heavy atom. The maximum Gasteiger partial charge on any atom is 0.341 e. The van der Waals surface area contributed by atoms with Gasteiger partial charge >= 0.3 is 5.97 Å². The molecule has 1 aromatic heterocycles. The lowest BCUT2D eigenvalue weighted by Gasteiger charge is -2.22. The fourth-order valence-corrected chi connectivity index (χ4v) is 5.15. The zero-order valence-corrected chi connectivity index (χ0v) is 18.2. The molecule has 0 radical (unpaired) electrons. The number of likely N-dealkylation sites (N-methyl/N-ethyl adjacent to an activating group) is 1. The van der Waals surface area contributed by atoms with Gasteiger partial charge in [-0.05, 0) is 50.2 Å². The van der Waals surface area contributed by atoms with Crippen LogP contribution < -0.4 is 10.2 Å². The number of fused-ring (bicyclic) bond motifs is 1. The molecule has 31 heavy (non-hydrogen) atoms. The van der Waals surface area contributed by atoms with Gasteiger partial charge in [-0.2, -0.15) is 0 Å². The van der Waals surface area contributed by atoms with Crippen molar-refractivity contribution in [1.29, 1.82) is 0 Å². The first kappa shape index (κ1) is 21.2. The normalized spacial score (nSPS) is 16.4. The molecule has 4 rings (SSSR count). The largest absolute Gasteiger partial charge is 0.462 e. The number of benzene rings is 1. The highest BCUT2D eigenvalue weighted by atomic mass is 32.1. The summed E-state index contributed by atoms with van der Waals surface area (Å²) in [6.07, 6.45) is 1.13. The van der Waals surface area contributed by atoms with Crippen LogP contribution in [0.1, 0.15) is 50.9 Å². The van der Waals surface area contributed by atoms with E-state index in [1.165, 1.54) is 11.3 Å². The molecule has 3 amide bonds. The fourth-order valence-electron chi connectivity index (χ4n) is 3.84. The molecular formula is C22H23N3O5S. The van der Waals surface area contributed by atoms with Crippen LogP contribution in [0.2, 0.25) is 0 Å². The number of rotatable bonds is 5. The zero-order chi connectivity index (χ0) is 22.1. The molecule has 3 heterocycles. The Bertz CT molecular complexity index is 1040. The van der Waals surface area contributed by atoms with Crippen LogP contribution in [-0.2, 0) is 27.3 Å². The summed E-state index contributed by atoms with van der Waals surface area (Å²) in [6.45, 7) is 3.56. The summed E-state index contributed by atoms with van der Waals surface area (Å²) in [7, 11) is 2.02. The number of hydrogen-bond donors (Lipinski definition) is 1. The predicted octanol–water partition coefficient (Wildman–Crippen LogP) is 2.82. The molecule has 0 spiro atoms. The van der Waals surface area contributed by atoms with Gasteiger partial charge in [0.1, 0.15) is 5.00 Å². The lowest BCUT2D eigenvalue weighted by Crippen LogP contribution is -2.28. The van der Waals surface area contributed by atoms with E-state index in [-0.39, 0.29) is 37.2 Å². The Morgan fingerprint density at radius 2 is 1.77 bits per heavy atom. The topological polar surface area (TPSA) is 96.0 Å². The van der Waals surface area contributed by atoms with Crippen LogP contribution in [0, 0.1) is 0 Å². The molecule has 0 atom stereocenters. The highest BCUT2D eigenvalue weighted by Gasteiger charge is 2.31. The molecule has 0 saturated carbocycles. The third-order valence-electron chi connectivity index (χ3n) is 5.39. The highest BCUT2D eigenvalue weighted by Crippen LogP contribution is 2.37. The Kier molecular flexibility index (Phi) is 5.88. The van der Waals surface area contributed by atoms with Gasteiger partial charge in [-0.3, -0.25) is 19.3 Å². The number of carbonyl (C=O) groups is 4. The van der Waals surface area contributed by atoms with Gasteiger partial charge in [0.05, 0.1) is 17.9 Å². The van der Waals surface area contributed by atoms with Crippen molar-refractivity contribution in [3.63, 3.8) is 0 Å². The minimum atomic E-state index is -0.429. The highest BCUT2D eigenvalue weighted by molar-refractivity contribution is 7.17.